The average molecular weight is 272 g/mol. The molecule has 2 aliphatic carbocycles. The summed E-state index contributed by atoms with van der Waals surface area (Å²) in [6.45, 7) is 2.11. The molecule has 0 aromatic carbocycles. The molecule has 0 unspecified atom stereocenters. The van der Waals surface area contributed by atoms with E-state index in [2.05, 4.69) is 23.6 Å². The Hall–Kier alpha value is -1.09. The Balaban J connectivity index is 1.82. The van der Waals surface area contributed by atoms with Crippen LogP contribution in [0, 0.1) is 11.8 Å². The molecule has 2 heterocycles. The van der Waals surface area contributed by atoms with Crippen LogP contribution in [0.4, 0.5) is 0 Å². The maximum Gasteiger partial charge on any atom is 0.169 e. The molecule has 1 aromatic rings. The van der Waals surface area contributed by atoms with E-state index in [1.54, 1.807) is 0 Å². The molecule has 108 valence electrons. The number of nitrogens with zero attached hydrogens (tertiary/aromatic N) is 2. The standard InChI is InChI=1S/C17H24N2O/c1-18-8-7-11-9-15-16(17(20)13(11)10-18)12-5-3-4-6-14(12)19(15)2/h11,13H,3-10H2,1-2H3/t11-,13+/m0/s1. The lowest BCUT2D eigenvalue weighted by Crippen LogP contribution is -2.45. The van der Waals surface area contributed by atoms with E-state index in [1.807, 2.05) is 0 Å². The maximum atomic E-state index is 13.0. The van der Waals surface area contributed by atoms with Gasteiger partial charge in [-0.25, -0.2) is 0 Å². The number of aromatic nitrogens is 1. The van der Waals surface area contributed by atoms with Crippen LogP contribution in [0.2, 0.25) is 0 Å². The van der Waals surface area contributed by atoms with Crippen molar-refractivity contribution in [3.8, 4) is 0 Å². The predicted molar refractivity (Wildman–Crippen MR) is 79.2 cm³/mol. The fraction of sp³-hybridized carbons (Fsp3) is 0.706. The third kappa shape index (κ3) is 1.65. The van der Waals surface area contributed by atoms with Gasteiger partial charge in [0.05, 0.1) is 0 Å². The molecule has 2 atom stereocenters. The minimum atomic E-state index is 0.259. The van der Waals surface area contributed by atoms with Gasteiger partial charge in [-0.05, 0) is 63.6 Å². The molecule has 3 aliphatic rings. The quantitative estimate of drug-likeness (QED) is 0.723. The molecular formula is C17H24N2O. The first kappa shape index (κ1) is 12.6. The fourth-order valence-corrected chi connectivity index (χ4v) is 4.70. The largest absolute Gasteiger partial charge is 0.351 e. The van der Waals surface area contributed by atoms with Crippen LogP contribution >= 0.6 is 0 Å². The van der Waals surface area contributed by atoms with Crippen LogP contribution in [-0.2, 0) is 26.3 Å². The lowest BCUT2D eigenvalue weighted by atomic mass is 9.72. The number of Topliss-reactive ketones (excluding diaryl/α,β-unsaturated/α-hetero) is 1. The molecule has 0 amide bonds. The smallest absolute Gasteiger partial charge is 0.169 e. The topological polar surface area (TPSA) is 25.2 Å². The highest BCUT2D eigenvalue weighted by atomic mass is 16.1. The van der Waals surface area contributed by atoms with Crippen molar-refractivity contribution in [2.75, 3.05) is 20.1 Å². The SMILES string of the molecule is CN1CC[C@H]2Cc3c(c4c(n3C)CCCC4)C(=O)[C@@H]2C1. The molecule has 4 rings (SSSR count). The van der Waals surface area contributed by atoms with Gasteiger partial charge in [0.15, 0.2) is 5.78 Å². The lowest BCUT2D eigenvalue weighted by Gasteiger charge is -2.39. The molecule has 1 aromatic heterocycles. The zero-order valence-electron chi connectivity index (χ0n) is 12.6. The van der Waals surface area contributed by atoms with Crippen molar-refractivity contribution in [1.29, 1.82) is 0 Å². The molecule has 0 bridgehead atoms. The van der Waals surface area contributed by atoms with Crippen molar-refractivity contribution in [3.05, 3.63) is 22.5 Å². The Morgan fingerprint density at radius 1 is 1.10 bits per heavy atom. The number of hydrogen-bond acceptors (Lipinski definition) is 2. The second-order valence-electron chi connectivity index (χ2n) is 7.00. The number of carbonyl (C=O) groups excluding carboxylic acids is 1. The summed E-state index contributed by atoms with van der Waals surface area (Å²) < 4.78 is 2.37. The van der Waals surface area contributed by atoms with Crippen LogP contribution < -0.4 is 0 Å². The molecule has 20 heavy (non-hydrogen) atoms. The zero-order valence-corrected chi connectivity index (χ0v) is 12.6. The van der Waals surface area contributed by atoms with E-state index in [9.17, 15) is 4.79 Å². The number of likely N-dealkylation sites (tertiary alicyclic amines) is 1. The summed E-state index contributed by atoms with van der Waals surface area (Å²) in [4.78, 5) is 15.4. The summed E-state index contributed by atoms with van der Waals surface area (Å²) in [6, 6.07) is 0. The Labute approximate surface area is 120 Å². The number of piperidine rings is 1. The number of carbonyl (C=O) groups is 1. The van der Waals surface area contributed by atoms with Gasteiger partial charge in [-0.2, -0.15) is 0 Å². The van der Waals surface area contributed by atoms with Crippen molar-refractivity contribution in [3.63, 3.8) is 0 Å². The first-order valence-corrected chi connectivity index (χ1v) is 8.09. The summed E-state index contributed by atoms with van der Waals surface area (Å²) in [5.74, 6) is 1.30. The van der Waals surface area contributed by atoms with Crippen LogP contribution in [0.15, 0.2) is 0 Å². The van der Waals surface area contributed by atoms with E-state index in [-0.39, 0.29) is 5.92 Å². The van der Waals surface area contributed by atoms with Crippen LogP contribution in [-0.4, -0.2) is 35.4 Å². The van der Waals surface area contributed by atoms with E-state index in [0.717, 1.165) is 31.5 Å². The van der Waals surface area contributed by atoms with Gasteiger partial charge >= 0.3 is 0 Å². The molecule has 1 fully saturated rings. The molecule has 0 N–H and O–H groups in total. The van der Waals surface area contributed by atoms with Crippen molar-refractivity contribution in [1.82, 2.24) is 9.47 Å². The molecule has 1 aliphatic heterocycles. The fourth-order valence-electron chi connectivity index (χ4n) is 4.70. The third-order valence-corrected chi connectivity index (χ3v) is 5.84. The maximum absolute atomic E-state index is 13.0. The summed E-state index contributed by atoms with van der Waals surface area (Å²) in [5.41, 5.74) is 5.36. The van der Waals surface area contributed by atoms with Crippen LogP contribution in [0.1, 0.15) is 46.6 Å². The van der Waals surface area contributed by atoms with Gasteiger partial charge < -0.3 is 9.47 Å². The third-order valence-electron chi connectivity index (χ3n) is 5.84. The van der Waals surface area contributed by atoms with Crippen molar-refractivity contribution < 1.29 is 4.79 Å². The summed E-state index contributed by atoms with van der Waals surface area (Å²) in [7, 11) is 4.34. The number of ketones is 1. The Morgan fingerprint density at radius 3 is 2.75 bits per heavy atom. The average Bonchev–Trinajstić information content (AvgIpc) is 2.74. The van der Waals surface area contributed by atoms with Gasteiger partial charge in [-0.15, -0.1) is 0 Å². The van der Waals surface area contributed by atoms with Crippen molar-refractivity contribution in [2.24, 2.45) is 18.9 Å². The Morgan fingerprint density at radius 2 is 1.90 bits per heavy atom. The molecule has 0 spiro atoms. The molecular weight excluding hydrogens is 248 g/mol. The number of rotatable bonds is 0. The Bertz CT molecular complexity index is 572. The predicted octanol–water partition coefficient (Wildman–Crippen LogP) is 2.21. The van der Waals surface area contributed by atoms with Crippen molar-refractivity contribution in [2.45, 2.75) is 38.5 Å². The molecule has 0 radical (unpaired) electrons. The van der Waals surface area contributed by atoms with Gasteiger partial charge in [-0.1, -0.05) is 0 Å². The van der Waals surface area contributed by atoms with Crippen LogP contribution in [0.5, 0.6) is 0 Å². The normalized spacial score (nSPS) is 29.8. The van der Waals surface area contributed by atoms with Gasteiger partial charge in [0.2, 0.25) is 0 Å². The molecule has 3 nitrogen and oxygen atoms in total. The van der Waals surface area contributed by atoms with Gasteiger partial charge in [0.25, 0.3) is 0 Å². The van der Waals surface area contributed by atoms with Gasteiger partial charge in [-0.3, -0.25) is 4.79 Å². The van der Waals surface area contributed by atoms with E-state index >= 15 is 0 Å². The van der Waals surface area contributed by atoms with Crippen molar-refractivity contribution >= 4 is 5.78 Å². The second-order valence-corrected chi connectivity index (χ2v) is 7.00. The zero-order chi connectivity index (χ0) is 13.9. The highest BCUT2D eigenvalue weighted by molar-refractivity contribution is 6.02. The highest BCUT2D eigenvalue weighted by Crippen LogP contribution is 2.40. The van der Waals surface area contributed by atoms with E-state index in [4.69, 9.17) is 0 Å². The monoisotopic (exact) mass is 272 g/mol. The molecule has 1 saturated heterocycles. The minimum Gasteiger partial charge on any atom is -0.351 e. The van der Waals surface area contributed by atoms with E-state index in [1.165, 1.54) is 42.6 Å². The molecule has 3 heteroatoms. The van der Waals surface area contributed by atoms with Gasteiger partial charge in [0, 0.05) is 36.5 Å². The lowest BCUT2D eigenvalue weighted by molar-refractivity contribution is 0.0702. The van der Waals surface area contributed by atoms with E-state index in [0.29, 0.717) is 11.7 Å². The number of fused-ring (bicyclic) bond motifs is 4. The molecule has 0 saturated carbocycles. The van der Waals surface area contributed by atoms with Gasteiger partial charge in [0.1, 0.15) is 0 Å². The first-order valence-electron chi connectivity index (χ1n) is 8.09. The highest BCUT2D eigenvalue weighted by Gasteiger charge is 2.42. The summed E-state index contributed by atoms with van der Waals surface area (Å²) in [6.07, 6.45) is 7.14. The summed E-state index contributed by atoms with van der Waals surface area (Å²) >= 11 is 0. The number of hydrogen-bond donors (Lipinski definition) is 0. The minimum absolute atomic E-state index is 0.259. The Kier molecular flexibility index (Phi) is 2.81. The first-order chi connectivity index (χ1) is 9.66. The second kappa shape index (κ2) is 4.45. The van der Waals surface area contributed by atoms with Crippen LogP contribution in [0.3, 0.4) is 0 Å². The van der Waals surface area contributed by atoms with E-state index < -0.39 is 0 Å². The van der Waals surface area contributed by atoms with Crippen LogP contribution in [0.25, 0.3) is 0 Å². The summed E-state index contributed by atoms with van der Waals surface area (Å²) in [5, 5.41) is 0.